The molecule has 0 saturated carbocycles. The Morgan fingerprint density at radius 3 is 2.67 bits per heavy atom. The lowest BCUT2D eigenvalue weighted by Gasteiger charge is -2.04. The highest BCUT2D eigenvalue weighted by atomic mass is 79.9. The second-order valence-electron chi connectivity index (χ2n) is 3.83. The lowest BCUT2D eigenvalue weighted by atomic mass is 10.1. The summed E-state index contributed by atoms with van der Waals surface area (Å²) in [5.41, 5.74) is 2.55. The monoisotopic (exact) mass is 322 g/mol. The molecule has 6 heteroatoms. The van der Waals surface area contributed by atoms with Crippen molar-refractivity contribution in [1.29, 1.82) is 0 Å². The van der Waals surface area contributed by atoms with Gasteiger partial charge in [-0.3, -0.25) is 4.98 Å². The maximum atomic E-state index is 6.08. The molecule has 0 aromatic carbocycles. The Balaban J connectivity index is 2.41. The van der Waals surface area contributed by atoms with E-state index in [0.717, 1.165) is 26.8 Å². The number of rotatable bonds is 1. The maximum absolute atomic E-state index is 6.08. The van der Waals surface area contributed by atoms with E-state index in [4.69, 9.17) is 11.6 Å². The molecule has 0 aliphatic heterocycles. The summed E-state index contributed by atoms with van der Waals surface area (Å²) in [4.78, 5) is 15.9. The third-order valence-electron chi connectivity index (χ3n) is 2.61. The van der Waals surface area contributed by atoms with Crippen LogP contribution < -0.4 is 0 Å². The van der Waals surface area contributed by atoms with E-state index in [-0.39, 0.29) is 0 Å². The second-order valence-corrected chi connectivity index (χ2v) is 5.00. The molecule has 0 saturated heterocycles. The van der Waals surface area contributed by atoms with Crippen molar-refractivity contribution in [3.63, 3.8) is 0 Å². The molecule has 3 aromatic heterocycles. The molecular weight excluding hydrogens is 316 g/mol. The number of pyridine rings is 1. The minimum absolute atomic E-state index is 0.528. The van der Waals surface area contributed by atoms with Gasteiger partial charge in [0.25, 0.3) is 0 Å². The zero-order valence-corrected chi connectivity index (χ0v) is 11.7. The van der Waals surface area contributed by atoms with Crippen molar-refractivity contribution in [1.82, 2.24) is 19.9 Å². The van der Waals surface area contributed by atoms with Crippen LogP contribution in [0.5, 0.6) is 0 Å². The number of halogens is 2. The summed E-state index contributed by atoms with van der Waals surface area (Å²) in [5.74, 6) is 0.694. The SMILES string of the molecule is Cc1nc(-c2ccncc2)c2c(Br)c(Cl)[nH]c2n1. The van der Waals surface area contributed by atoms with Gasteiger partial charge in [0.2, 0.25) is 0 Å². The minimum atomic E-state index is 0.528. The Hall–Kier alpha value is -1.46. The summed E-state index contributed by atoms with van der Waals surface area (Å²) in [7, 11) is 0. The number of aryl methyl sites for hydroxylation is 1. The van der Waals surface area contributed by atoms with Gasteiger partial charge < -0.3 is 4.98 Å². The van der Waals surface area contributed by atoms with Crippen LogP contribution in [0.2, 0.25) is 5.15 Å². The molecule has 3 rings (SSSR count). The van der Waals surface area contributed by atoms with Crippen LogP contribution in [0.4, 0.5) is 0 Å². The van der Waals surface area contributed by atoms with Crippen LogP contribution in [-0.4, -0.2) is 19.9 Å². The van der Waals surface area contributed by atoms with Gasteiger partial charge in [0.05, 0.1) is 15.6 Å². The first-order valence-corrected chi connectivity index (χ1v) is 6.45. The fourth-order valence-corrected chi connectivity index (χ4v) is 2.52. The van der Waals surface area contributed by atoms with Gasteiger partial charge >= 0.3 is 0 Å². The highest BCUT2D eigenvalue weighted by Crippen LogP contribution is 2.36. The Morgan fingerprint density at radius 1 is 1.22 bits per heavy atom. The molecule has 0 spiro atoms. The fourth-order valence-electron chi connectivity index (χ4n) is 1.86. The zero-order chi connectivity index (χ0) is 12.7. The van der Waals surface area contributed by atoms with E-state index in [1.807, 2.05) is 19.1 Å². The Kier molecular flexibility index (Phi) is 2.80. The standard InChI is InChI=1S/C12H8BrClN4/c1-6-16-10(7-2-4-15-5-3-7)8-9(13)11(14)18-12(8)17-6/h2-5H,1H3,(H,16,17,18). The molecule has 3 heterocycles. The average Bonchev–Trinajstić information content (AvgIpc) is 2.65. The van der Waals surface area contributed by atoms with Gasteiger partial charge in [0.1, 0.15) is 16.6 Å². The van der Waals surface area contributed by atoms with Gasteiger partial charge in [-0.25, -0.2) is 9.97 Å². The Morgan fingerprint density at radius 2 is 1.94 bits per heavy atom. The summed E-state index contributed by atoms with van der Waals surface area (Å²) >= 11 is 9.55. The third-order valence-corrected chi connectivity index (χ3v) is 3.92. The molecule has 0 bridgehead atoms. The first-order chi connectivity index (χ1) is 8.66. The van der Waals surface area contributed by atoms with Crippen LogP contribution >= 0.6 is 27.5 Å². The number of aromatic nitrogens is 4. The van der Waals surface area contributed by atoms with Crippen LogP contribution in [0, 0.1) is 6.92 Å². The van der Waals surface area contributed by atoms with Crippen molar-refractivity contribution < 1.29 is 0 Å². The van der Waals surface area contributed by atoms with E-state index in [1.54, 1.807) is 12.4 Å². The number of nitrogens with zero attached hydrogens (tertiary/aromatic N) is 3. The van der Waals surface area contributed by atoms with Gasteiger partial charge in [-0.15, -0.1) is 0 Å². The summed E-state index contributed by atoms with van der Waals surface area (Å²) in [6, 6.07) is 3.82. The van der Waals surface area contributed by atoms with Crippen LogP contribution in [0.15, 0.2) is 29.0 Å². The van der Waals surface area contributed by atoms with E-state index in [1.165, 1.54) is 0 Å². The van der Waals surface area contributed by atoms with Crippen LogP contribution in [0.1, 0.15) is 5.82 Å². The van der Waals surface area contributed by atoms with Gasteiger partial charge in [-0.1, -0.05) is 11.6 Å². The second kappa shape index (κ2) is 4.33. The number of H-pyrrole nitrogens is 1. The zero-order valence-electron chi connectivity index (χ0n) is 9.41. The van der Waals surface area contributed by atoms with Crippen molar-refractivity contribution >= 4 is 38.6 Å². The number of hydrogen-bond acceptors (Lipinski definition) is 3. The van der Waals surface area contributed by atoms with E-state index in [2.05, 4.69) is 35.9 Å². The topological polar surface area (TPSA) is 54.5 Å². The van der Waals surface area contributed by atoms with Gasteiger partial charge in [0, 0.05) is 18.0 Å². The summed E-state index contributed by atoms with van der Waals surface area (Å²) < 4.78 is 0.783. The quantitative estimate of drug-likeness (QED) is 0.742. The highest BCUT2D eigenvalue weighted by molar-refractivity contribution is 9.10. The first kappa shape index (κ1) is 11.6. The largest absolute Gasteiger partial charge is 0.329 e. The van der Waals surface area contributed by atoms with E-state index < -0.39 is 0 Å². The van der Waals surface area contributed by atoms with Crippen molar-refractivity contribution in [2.75, 3.05) is 0 Å². The molecule has 0 atom stereocenters. The van der Waals surface area contributed by atoms with Crippen LogP contribution in [0.25, 0.3) is 22.3 Å². The predicted octanol–water partition coefficient (Wildman–Crippen LogP) is 3.74. The Bertz CT molecular complexity index is 724. The molecule has 0 unspecified atom stereocenters. The minimum Gasteiger partial charge on any atom is -0.329 e. The molecule has 18 heavy (non-hydrogen) atoms. The van der Waals surface area contributed by atoms with Gasteiger partial charge in [-0.05, 0) is 35.0 Å². The lowest BCUT2D eigenvalue weighted by molar-refractivity contribution is 1.08. The lowest BCUT2D eigenvalue weighted by Crippen LogP contribution is -1.93. The van der Waals surface area contributed by atoms with E-state index >= 15 is 0 Å². The van der Waals surface area contributed by atoms with Gasteiger partial charge in [0.15, 0.2) is 0 Å². The molecular formula is C12H8BrClN4. The number of hydrogen-bond donors (Lipinski definition) is 1. The summed E-state index contributed by atoms with van der Waals surface area (Å²) in [5, 5.41) is 1.41. The smallest absolute Gasteiger partial charge is 0.143 e. The first-order valence-electron chi connectivity index (χ1n) is 5.28. The molecule has 0 radical (unpaired) electrons. The molecule has 0 aliphatic carbocycles. The molecule has 0 amide bonds. The molecule has 0 aliphatic rings. The van der Waals surface area contributed by atoms with Crippen molar-refractivity contribution in [2.45, 2.75) is 6.92 Å². The molecule has 1 N–H and O–H groups in total. The molecule has 90 valence electrons. The Labute approximate surface area is 117 Å². The molecule has 0 fully saturated rings. The average molecular weight is 324 g/mol. The fraction of sp³-hybridized carbons (Fsp3) is 0.0833. The van der Waals surface area contributed by atoms with Crippen molar-refractivity contribution in [3.8, 4) is 11.3 Å². The maximum Gasteiger partial charge on any atom is 0.143 e. The highest BCUT2D eigenvalue weighted by Gasteiger charge is 2.15. The summed E-state index contributed by atoms with van der Waals surface area (Å²) in [6.07, 6.45) is 3.47. The van der Waals surface area contributed by atoms with Crippen molar-refractivity contribution in [2.24, 2.45) is 0 Å². The van der Waals surface area contributed by atoms with E-state index in [9.17, 15) is 0 Å². The molecule has 3 aromatic rings. The van der Waals surface area contributed by atoms with Gasteiger partial charge in [-0.2, -0.15) is 0 Å². The predicted molar refractivity (Wildman–Crippen MR) is 74.6 cm³/mol. The number of fused-ring (bicyclic) bond motifs is 1. The summed E-state index contributed by atoms with van der Waals surface area (Å²) in [6.45, 7) is 1.85. The molecule has 4 nitrogen and oxygen atoms in total. The normalized spacial score (nSPS) is 11.1. The van der Waals surface area contributed by atoms with E-state index in [0.29, 0.717) is 11.0 Å². The van der Waals surface area contributed by atoms with Crippen LogP contribution in [-0.2, 0) is 0 Å². The van der Waals surface area contributed by atoms with Crippen molar-refractivity contribution in [3.05, 3.63) is 40.0 Å². The van der Waals surface area contributed by atoms with Crippen LogP contribution in [0.3, 0.4) is 0 Å². The number of nitrogens with one attached hydrogen (secondary N) is 1. The third kappa shape index (κ3) is 1.79. The number of aromatic amines is 1.